The van der Waals surface area contributed by atoms with Crippen molar-refractivity contribution in [1.82, 2.24) is 9.55 Å². The molecule has 0 aliphatic carbocycles. The van der Waals surface area contributed by atoms with E-state index in [1.807, 2.05) is 22.9 Å². The van der Waals surface area contributed by atoms with Gasteiger partial charge in [0.15, 0.2) is 0 Å². The van der Waals surface area contributed by atoms with Crippen molar-refractivity contribution in [3.05, 3.63) is 72.8 Å². The zero-order valence-corrected chi connectivity index (χ0v) is 17.1. The maximum atomic E-state index is 12.8. The molecule has 30 heavy (non-hydrogen) atoms. The summed E-state index contributed by atoms with van der Waals surface area (Å²) in [6, 6.07) is 13.8. The Balaban J connectivity index is 1.46. The molecule has 0 saturated carbocycles. The lowest BCUT2D eigenvalue weighted by Gasteiger charge is -2.18. The highest BCUT2D eigenvalue weighted by molar-refractivity contribution is 7.93. The smallest absolute Gasteiger partial charge is 0.255 e. The Hall–Kier alpha value is -3.33. The van der Waals surface area contributed by atoms with Gasteiger partial charge in [0.05, 0.1) is 30.0 Å². The Morgan fingerprint density at radius 2 is 2.03 bits per heavy atom. The summed E-state index contributed by atoms with van der Waals surface area (Å²) in [4.78, 5) is 16.8. The summed E-state index contributed by atoms with van der Waals surface area (Å²) in [5, 5.41) is 2.86. The van der Waals surface area contributed by atoms with Crippen LogP contribution in [0.3, 0.4) is 0 Å². The number of para-hydroxylation sites is 2. The second-order valence-corrected chi connectivity index (χ2v) is 8.90. The van der Waals surface area contributed by atoms with Gasteiger partial charge in [-0.05, 0) is 36.8 Å². The highest BCUT2D eigenvalue weighted by atomic mass is 32.2. The van der Waals surface area contributed by atoms with Gasteiger partial charge in [0.25, 0.3) is 5.91 Å². The molecule has 1 aliphatic heterocycles. The van der Waals surface area contributed by atoms with Gasteiger partial charge in [0.1, 0.15) is 12.4 Å². The lowest BCUT2D eigenvalue weighted by molar-refractivity contribution is 0.102. The van der Waals surface area contributed by atoms with E-state index in [0.29, 0.717) is 48.8 Å². The number of anilines is 2. The minimum absolute atomic E-state index is 0.132. The number of nitrogens with one attached hydrogen (secondary N) is 1. The Bertz CT molecular complexity index is 1130. The van der Waals surface area contributed by atoms with Crippen LogP contribution in [0.25, 0.3) is 0 Å². The topological polar surface area (TPSA) is 93.5 Å². The molecule has 3 aromatic rings. The first-order valence-corrected chi connectivity index (χ1v) is 11.2. The van der Waals surface area contributed by atoms with Crippen LogP contribution in [0.5, 0.6) is 5.75 Å². The summed E-state index contributed by atoms with van der Waals surface area (Å²) in [7, 11) is -3.30. The number of ether oxygens (including phenoxy) is 1. The molecule has 1 amide bonds. The summed E-state index contributed by atoms with van der Waals surface area (Å²) >= 11 is 0. The van der Waals surface area contributed by atoms with Gasteiger partial charge in [-0.1, -0.05) is 18.2 Å². The fourth-order valence-corrected chi connectivity index (χ4v) is 4.86. The first kappa shape index (κ1) is 20.0. The van der Waals surface area contributed by atoms with Crippen LogP contribution < -0.4 is 14.4 Å². The molecule has 0 bridgehead atoms. The second-order valence-electron chi connectivity index (χ2n) is 6.89. The third-order valence-corrected chi connectivity index (χ3v) is 6.67. The fraction of sp³-hybridized carbons (Fsp3) is 0.238. The van der Waals surface area contributed by atoms with Gasteiger partial charge in [-0.2, -0.15) is 0 Å². The van der Waals surface area contributed by atoms with Crippen LogP contribution in [-0.2, 0) is 16.6 Å². The molecule has 0 spiro atoms. The van der Waals surface area contributed by atoms with E-state index < -0.39 is 10.0 Å². The van der Waals surface area contributed by atoms with Crippen LogP contribution in [0.1, 0.15) is 16.8 Å². The standard InChI is InChI=1S/C21H22N4O4S/c26-21(17-5-3-6-18(15-17)25-10-4-14-30(25,27)28)23-19-7-1-2-8-20(19)29-13-12-24-11-9-22-16-24/h1-3,5-9,11,15-16H,4,10,12-14H2,(H,23,26). The monoisotopic (exact) mass is 426 g/mol. The number of benzene rings is 2. The molecule has 1 fully saturated rings. The number of nitrogens with zero attached hydrogens (tertiary/aromatic N) is 3. The van der Waals surface area contributed by atoms with Gasteiger partial charge in [-0.15, -0.1) is 0 Å². The predicted octanol–water partition coefficient (Wildman–Crippen LogP) is 2.75. The zero-order valence-electron chi connectivity index (χ0n) is 16.3. The first-order chi connectivity index (χ1) is 14.5. The number of rotatable bonds is 7. The van der Waals surface area contributed by atoms with Crippen molar-refractivity contribution in [1.29, 1.82) is 0 Å². The quantitative estimate of drug-likeness (QED) is 0.627. The lowest BCUT2D eigenvalue weighted by Crippen LogP contribution is -2.25. The Labute approximate surface area is 175 Å². The van der Waals surface area contributed by atoms with Gasteiger partial charge in [0, 0.05) is 24.5 Å². The average molecular weight is 426 g/mol. The minimum Gasteiger partial charge on any atom is -0.490 e. The third kappa shape index (κ3) is 4.46. The van der Waals surface area contributed by atoms with E-state index in [0.717, 1.165) is 0 Å². The summed E-state index contributed by atoms with van der Waals surface area (Å²) < 4.78 is 33.4. The largest absolute Gasteiger partial charge is 0.490 e. The molecule has 4 rings (SSSR count). The number of carbonyl (C=O) groups excluding carboxylic acids is 1. The number of hydrogen-bond donors (Lipinski definition) is 1. The molecule has 9 heteroatoms. The highest BCUT2D eigenvalue weighted by Crippen LogP contribution is 2.27. The summed E-state index contributed by atoms with van der Waals surface area (Å²) in [6.07, 6.45) is 5.85. The molecule has 2 heterocycles. The number of hydrogen-bond acceptors (Lipinski definition) is 5. The number of imidazole rings is 1. The molecule has 0 unspecified atom stereocenters. The Morgan fingerprint density at radius 1 is 1.17 bits per heavy atom. The molecule has 2 aromatic carbocycles. The number of sulfonamides is 1. The number of aromatic nitrogens is 2. The van der Waals surface area contributed by atoms with Crippen LogP contribution in [-0.4, -0.2) is 42.8 Å². The molecule has 8 nitrogen and oxygen atoms in total. The van der Waals surface area contributed by atoms with E-state index in [2.05, 4.69) is 10.3 Å². The minimum atomic E-state index is -3.30. The van der Waals surface area contributed by atoms with E-state index in [-0.39, 0.29) is 11.7 Å². The molecule has 156 valence electrons. The normalized spacial score (nSPS) is 15.1. The summed E-state index contributed by atoms with van der Waals surface area (Å²) in [5.41, 5.74) is 1.43. The van der Waals surface area contributed by atoms with Crippen LogP contribution in [0.4, 0.5) is 11.4 Å². The Morgan fingerprint density at radius 3 is 2.80 bits per heavy atom. The van der Waals surface area contributed by atoms with Gasteiger partial charge in [0.2, 0.25) is 10.0 Å². The van der Waals surface area contributed by atoms with Gasteiger partial charge >= 0.3 is 0 Å². The van der Waals surface area contributed by atoms with Crippen LogP contribution in [0.2, 0.25) is 0 Å². The van der Waals surface area contributed by atoms with E-state index in [1.165, 1.54) is 4.31 Å². The average Bonchev–Trinajstić information content (AvgIpc) is 3.38. The molecule has 0 radical (unpaired) electrons. The van der Waals surface area contributed by atoms with E-state index >= 15 is 0 Å². The molecule has 1 aliphatic rings. The number of amides is 1. The predicted molar refractivity (Wildman–Crippen MR) is 114 cm³/mol. The van der Waals surface area contributed by atoms with Crippen molar-refractivity contribution in [2.45, 2.75) is 13.0 Å². The molecule has 1 saturated heterocycles. The van der Waals surface area contributed by atoms with Crippen molar-refractivity contribution < 1.29 is 17.9 Å². The third-order valence-electron chi connectivity index (χ3n) is 4.80. The molecular formula is C21H22N4O4S. The van der Waals surface area contributed by atoms with Crippen molar-refractivity contribution in [2.24, 2.45) is 0 Å². The van der Waals surface area contributed by atoms with Gasteiger partial charge < -0.3 is 14.6 Å². The zero-order chi connectivity index (χ0) is 21.0. The maximum absolute atomic E-state index is 12.8. The molecular weight excluding hydrogens is 404 g/mol. The van der Waals surface area contributed by atoms with Crippen LogP contribution in [0, 0.1) is 0 Å². The van der Waals surface area contributed by atoms with Crippen molar-refractivity contribution in [2.75, 3.05) is 28.5 Å². The highest BCUT2D eigenvalue weighted by Gasteiger charge is 2.28. The van der Waals surface area contributed by atoms with Crippen LogP contribution >= 0.6 is 0 Å². The van der Waals surface area contributed by atoms with E-state index in [1.54, 1.807) is 48.9 Å². The van der Waals surface area contributed by atoms with E-state index in [9.17, 15) is 13.2 Å². The first-order valence-electron chi connectivity index (χ1n) is 9.62. The number of carbonyl (C=O) groups is 1. The molecule has 0 atom stereocenters. The van der Waals surface area contributed by atoms with Crippen LogP contribution in [0.15, 0.2) is 67.3 Å². The van der Waals surface area contributed by atoms with E-state index in [4.69, 9.17) is 4.74 Å². The molecule has 1 aromatic heterocycles. The van der Waals surface area contributed by atoms with Gasteiger partial charge in [-0.3, -0.25) is 9.10 Å². The Kier molecular flexibility index (Phi) is 5.71. The van der Waals surface area contributed by atoms with Crippen molar-refractivity contribution in [3.63, 3.8) is 0 Å². The molecule has 1 N–H and O–H groups in total. The fourth-order valence-electron chi connectivity index (χ4n) is 3.30. The second kappa shape index (κ2) is 8.58. The summed E-state index contributed by atoms with van der Waals surface area (Å²) in [5.74, 6) is 0.357. The SMILES string of the molecule is O=C(Nc1ccccc1OCCn1ccnc1)c1cccc(N2CCCS2(=O)=O)c1. The van der Waals surface area contributed by atoms with Gasteiger partial charge in [-0.25, -0.2) is 13.4 Å². The maximum Gasteiger partial charge on any atom is 0.255 e. The van der Waals surface area contributed by atoms with Crippen molar-refractivity contribution in [3.8, 4) is 5.75 Å². The van der Waals surface area contributed by atoms with Crippen molar-refractivity contribution >= 4 is 27.3 Å². The summed E-state index contributed by atoms with van der Waals surface area (Å²) in [6.45, 7) is 1.49. The lowest BCUT2D eigenvalue weighted by atomic mass is 10.1.